The summed E-state index contributed by atoms with van der Waals surface area (Å²) in [5, 5.41) is 11.2. The van der Waals surface area contributed by atoms with Gasteiger partial charge in [-0.1, -0.05) is 70.2 Å². The molecule has 5 heteroatoms. The van der Waals surface area contributed by atoms with E-state index in [0.29, 0.717) is 11.7 Å². The minimum absolute atomic E-state index is 0. The van der Waals surface area contributed by atoms with Crippen LogP contribution in [0.25, 0.3) is 22.5 Å². The van der Waals surface area contributed by atoms with Crippen LogP contribution in [0.3, 0.4) is 0 Å². The van der Waals surface area contributed by atoms with Crippen LogP contribution in [0, 0.1) is 6.07 Å². The molecule has 0 bridgehead atoms. The molecule has 0 atom stereocenters. The number of hydrogen-bond donors (Lipinski definition) is 1. The predicted octanol–water partition coefficient (Wildman–Crippen LogP) is 9.03. The molecule has 4 nitrogen and oxygen atoms in total. The fraction of sp³-hybridized carbons (Fsp3) is 0.176. The third kappa shape index (κ3) is 6.13. The van der Waals surface area contributed by atoms with Gasteiger partial charge in [-0.2, -0.15) is 0 Å². The minimum Gasteiger partial charge on any atom is -0.507 e. The second kappa shape index (κ2) is 12.4. The van der Waals surface area contributed by atoms with Crippen LogP contribution >= 0.6 is 0 Å². The Morgan fingerprint density at radius 1 is 0.744 bits per heavy atom. The largest absolute Gasteiger partial charge is 0.507 e. The van der Waals surface area contributed by atoms with Crippen molar-refractivity contribution in [1.82, 2.24) is 9.97 Å². The van der Waals surface area contributed by atoms with Gasteiger partial charge in [0.05, 0.1) is 5.69 Å². The van der Waals surface area contributed by atoms with Crippen LogP contribution < -0.4 is 4.90 Å². The number of anilines is 3. The average Bonchev–Trinajstić information content (AvgIpc) is 2.94. The molecule has 39 heavy (non-hydrogen) atoms. The minimum atomic E-state index is 0. The van der Waals surface area contributed by atoms with Crippen LogP contribution in [0.4, 0.5) is 17.2 Å². The van der Waals surface area contributed by atoms with Gasteiger partial charge >= 0.3 is 0 Å². The van der Waals surface area contributed by atoms with E-state index in [-0.39, 0.29) is 27.0 Å². The van der Waals surface area contributed by atoms with E-state index in [0.717, 1.165) is 45.3 Å². The molecule has 0 radical (unpaired) electrons. The summed E-state index contributed by atoms with van der Waals surface area (Å²) in [4.78, 5) is 11.7. The number of benzene rings is 3. The summed E-state index contributed by atoms with van der Waals surface area (Å²) in [5.74, 6) is 1.66. The Labute approximate surface area is 245 Å². The van der Waals surface area contributed by atoms with Gasteiger partial charge in [0, 0.05) is 38.5 Å². The predicted molar refractivity (Wildman–Crippen MR) is 156 cm³/mol. The van der Waals surface area contributed by atoms with Gasteiger partial charge in [-0.3, -0.25) is 4.98 Å². The maximum Gasteiger partial charge on any atom is 0.136 e. The van der Waals surface area contributed by atoms with Crippen LogP contribution in [0.2, 0.25) is 0 Å². The molecule has 0 aliphatic rings. The van der Waals surface area contributed by atoms with E-state index >= 15 is 0 Å². The monoisotopic (exact) mass is 693 g/mol. The molecule has 0 saturated heterocycles. The van der Waals surface area contributed by atoms with Crippen LogP contribution in [0.15, 0.2) is 103 Å². The molecule has 2 heterocycles. The first kappa shape index (κ1) is 28.3. The fourth-order valence-corrected chi connectivity index (χ4v) is 4.58. The number of phenolic OH excluding ortho intramolecular Hbond substituents is 1. The molecular formula is C34H32N3OPt-. The van der Waals surface area contributed by atoms with Gasteiger partial charge in [-0.05, 0) is 70.7 Å². The molecule has 0 aliphatic carbocycles. The van der Waals surface area contributed by atoms with Crippen molar-refractivity contribution < 1.29 is 26.2 Å². The number of hydrogen-bond acceptors (Lipinski definition) is 4. The van der Waals surface area contributed by atoms with Crippen molar-refractivity contribution in [2.24, 2.45) is 0 Å². The molecule has 5 aromatic rings. The fourth-order valence-electron chi connectivity index (χ4n) is 4.58. The molecule has 0 unspecified atom stereocenters. The summed E-state index contributed by atoms with van der Waals surface area (Å²) < 4.78 is 0. The van der Waals surface area contributed by atoms with Crippen molar-refractivity contribution in [3.8, 4) is 28.3 Å². The molecule has 0 fully saturated rings. The van der Waals surface area contributed by atoms with E-state index in [1.54, 1.807) is 6.20 Å². The Kier molecular flexibility index (Phi) is 8.99. The average molecular weight is 694 g/mol. The van der Waals surface area contributed by atoms with Gasteiger partial charge in [0.1, 0.15) is 11.6 Å². The van der Waals surface area contributed by atoms with Gasteiger partial charge in [0.25, 0.3) is 0 Å². The summed E-state index contributed by atoms with van der Waals surface area (Å²) in [6.45, 7) is 8.55. The zero-order valence-electron chi connectivity index (χ0n) is 22.6. The Morgan fingerprint density at radius 2 is 1.46 bits per heavy atom. The number of phenols is 1. The maximum absolute atomic E-state index is 11.2. The molecule has 5 rings (SSSR count). The molecule has 0 aliphatic heterocycles. The van der Waals surface area contributed by atoms with Crippen LogP contribution in [0.5, 0.6) is 5.75 Å². The van der Waals surface area contributed by atoms with Crippen molar-refractivity contribution in [3.63, 3.8) is 0 Å². The zero-order chi connectivity index (χ0) is 26.6. The Bertz CT molecular complexity index is 1500. The Balaban J connectivity index is 0.00000353. The summed E-state index contributed by atoms with van der Waals surface area (Å²) >= 11 is 0. The Morgan fingerprint density at radius 3 is 2.15 bits per heavy atom. The van der Waals surface area contributed by atoms with Crippen molar-refractivity contribution in [3.05, 3.63) is 120 Å². The van der Waals surface area contributed by atoms with Gasteiger partial charge in [0.15, 0.2) is 0 Å². The van der Waals surface area contributed by atoms with Crippen molar-refractivity contribution in [1.29, 1.82) is 0 Å². The topological polar surface area (TPSA) is 49.2 Å². The van der Waals surface area contributed by atoms with Crippen LogP contribution in [0.1, 0.15) is 50.7 Å². The van der Waals surface area contributed by atoms with Gasteiger partial charge < -0.3 is 10.0 Å². The van der Waals surface area contributed by atoms with E-state index in [4.69, 9.17) is 4.98 Å². The summed E-state index contributed by atoms with van der Waals surface area (Å²) in [6.07, 6.45) is 1.79. The first-order valence-electron chi connectivity index (χ1n) is 13.1. The summed E-state index contributed by atoms with van der Waals surface area (Å²) in [5.41, 5.74) is 7.16. The zero-order valence-corrected chi connectivity index (χ0v) is 24.8. The van der Waals surface area contributed by atoms with Crippen LogP contribution in [-0.4, -0.2) is 15.1 Å². The summed E-state index contributed by atoms with van der Waals surface area (Å²) in [6, 6.07) is 35.8. The SMILES string of the molecule is CC(C)c1cc(-c2cccc(-c3[c-]c(N(c4ccccc4)c4ccccn4)ccc3)n2)c(O)c(C(C)C)c1.[Pt]. The van der Waals surface area contributed by atoms with Crippen molar-refractivity contribution >= 4 is 17.2 Å². The van der Waals surface area contributed by atoms with E-state index < -0.39 is 0 Å². The van der Waals surface area contributed by atoms with Gasteiger partial charge in [-0.25, -0.2) is 4.98 Å². The molecule has 200 valence electrons. The normalized spacial score (nSPS) is 10.9. The molecule has 3 aromatic carbocycles. The molecule has 0 amide bonds. The van der Waals surface area contributed by atoms with Crippen LogP contribution in [-0.2, 0) is 21.1 Å². The number of aromatic hydroxyl groups is 1. The number of para-hydroxylation sites is 1. The third-order valence-electron chi connectivity index (χ3n) is 6.66. The van der Waals surface area contributed by atoms with E-state index in [2.05, 4.69) is 67.9 Å². The van der Waals surface area contributed by atoms with Crippen molar-refractivity contribution in [2.45, 2.75) is 39.5 Å². The standard InChI is InChI=1S/C34H32N3O.Pt/c1-23(2)26-21-29(24(3)4)34(38)30(22-26)32-17-11-16-31(36-32)25-12-10-15-28(20-25)37(27-13-6-5-7-14-27)33-18-8-9-19-35-33;/h5-19,21-24,38H,1-4H3;/q-1;. The maximum atomic E-state index is 11.2. The summed E-state index contributed by atoms with van der Waals surface area (Å²) in [7, 11) is 0. The quantitative estimate of drug-likeness (QED) is 0.173. The number of pyridine rings is 2. The molecule has 0 saturated carbocycles. The molecule has 1 N–H and O–H groups in total. The van der Waals surface area contributed by atoms with E-state index in [1.807, 2.05) is 72.8 Å². The number of nitrogens with zero attached hydrogens (tertiary/aromatic N) is 3. The first-order chi connectivity index (χ1) is 18.4. The molecular weight excluding hydrogens is 661 g/mol. The number of rotatable bonds is 7. The third-order valence-corrected chi connectivity index (χ3v) is 6.66. The second-order valence-corrected chi connectivity index (χ2v) is 10.0. The van der Waals surface area contributed by atoms with Gasteiger partial charge in [-0.15, -0.1) is 29.8 Å². The Hall–Kier alpha value is -3.75. The molecule has 2 aromatic heterocycles. The van der Waals surface area contributed by atoms with E-state index in [1.165, 1.54) is 5.56 Å². The first-order valence-corrected chi connectivity index (χ1v) is 13.1. The molecule has 0 spiro atoms. The second-order valence-electron chi connectivity index (χ2n) is 10.0. The smallest absolute Gasteiger partial charge is 0.136 e. The van der Waals surface area contributed by atoms with E-state index in [9.17, 15) is 5.11 Å². The van der Waals surface area contributed by atoms with Gasteiger partial charge in [0.2, 0.25) is 0 Å². The van der Waals surface area contributed by atoms with Crippen molar-refractivity contribution in [2.75, 3.05) is 4.90 Å². The number of aromatic nitrogens is 2.